The molecule has 0 aliphatic heterocycles. The lowest BCUT2D eigenvalue weighted by atomic mass is 9.85. The zero-order chi connectivity index (χ0) is 26.3. The van der Waals surface area contributed by atoms with E-state index in [4.69, 9.17) is 22.3 Å². The number of carbonyl (C=O) groups excluding carboxylic acids is 1. The summed E-state index contributed by atoms with van der Waals surface area (Å²) in [5.74, 6) is -1.19. The van der Waals surface area contributed by atoms with Gasteiger partial charge in [-0.15, -0.1) is 0 Å². The van der Waals surface area contributed by atoms with E-state index in [1.807, 2.05) is 11.5 Å². The van der Waals surface area contributed by atoms with Crippen LogP contribution in [0.25, 0.3) is 11.2 Å². The van der Waals surface area contributed by atoms with Crippen molar-refractivity contribution >= 4 is 46.3 Å². The minimum absolute atomic E-state index is 0.0377. The lowest BCUT2D eigenvalue weighted by Crippen LogP contribution is -2.35. The molecule has 3 atom stereocenters. The molecule has 1 aromatic carbocycles. The molecule has 2 aliphatic carbocycles. The molecule has 2 aliphatic rings. The quantitative estimate of drug-likeness (QED) is 0.362. The molecule has 12 heteroatoms. The summed E-state index contributed by atoms with van der Waals surface area (Å²) in [6, 6.07) is 1.72. The van der Waals surface area contributed by atoms with Crippen LogP contribution in [-0.4, -0.2) is 42.7 Å². The maximum atomic E-state index is 14.6. The fraction of sp³-hybridized carbons (Fsp3) is 0.520. The largest absolute Gasteiger partial charge is 0.393 e. The smallest absolute Gasteiger partial charge is 0.224 e. The Balaban J connectivity index is 1.50. The molecule has 1 amide bonds. The molecule has 5 rings (SSSR count). The van der Waals surface area contributed by atoms with Crippen LogP contribution in [0, 0.1) is 23.5 Å². The number of benzene rings is 1. The van der Waals surface area contributed by atoms with E-state index >= 15 is 0 Å². The number of aliphatic hydroxyl groups is 1. The standard InChI is InChI=1S/C25H30ClF2N7O2/c1-12-2-5-15(10-20(12)36)31-24-30-11-19-23(34-24)35(16-6-3-13(4-7-16)22(29)37)25(32-19)33-21-17(26)8-14(27)9-18(21)28/h8-9,11-13,15-16,20,36H,2-7,10H2,1H3,(H2,29,37)(H,32,33)(H,30,31,34)/t12-,13-,15-,16+,20?/m1/s1. The summed E-state index contributed by atoms with van der Waals surface area (Å²) in [5, 5.41) is 16.4. The first-order valence-corrected chi connectivity index (χ1v) is 13.0. The van der Waals surface area contributed by atoms with Gasteiger partial charge in [-0.1, -0.05) is 18.5 Å². The normalized spacial score (nSPS) is 26.2. The molecule has 198 valence electrons. The molecule has 0 saturated heterocycles. The van der Waals surface area contributed by atoms with Crippen LogP contribution in [0.1, 0.15) is 57.9 Å². The Labute approximate surface area is 217 Å². The molecule has 2 fully saturated rings. The van der Waals surface area contributed by atoms with E-state index in [0.717, 1.165) is 25.0 Å². The minimum Gasteiger partial charge on any atom is -0.393 e. The van der Waals surface area contributed by atoms with E-state index in [9.17, 15) is 18.7 Å². The molecule has 2 aromatic heterocycles. The fourth-order valence-electron chi connectivity index (χ4n) is 5.40. The number of aromatic nitrogens is 4. The summed E-state index contributed by atoms with van der Waals surface area (Å²) in [6.45, 7) is 2.04. The number of fused-ring (bicyclic) bond motifs is 1. The summed E-state index contributed by atoms with van der Waals surface area (Å²) >= 11 is 6.14. The lowest BCUT2D eigenvalue weighted by molar-refractivity contribution is -0.122. The van der Waals surface area contributed by atoms with Gasteiger partial charge in [-0.3, -0.25) is 9.36 Å². The Bertz CT molecular complexity index is 1290. The molecule has 9 nitrogen and oxygen atoms in total. The maximum absolute atomic E-state index is 14.6. The molecular formula is C25H30ClF2N7O2. The molecule has 2 heterocycles. The van der Waals surface area contributed by atoms with E-state index < -0.39 is 11.6 Å². The highest BCUT2D eigenvalue weighted by atomic mass is 35.5. The van der Waals surface area contributed by atoms with E-state index in [1.54, 1.807) is 6.20 Å². The summed E-state index contributed by atoms with van der Waals surface area (Å²) in [7, 11) is 0. The molecule has 37 heavy (non-hydrogen) atoms. The van der Waals surface area contributed by atoms with Crippen molar-refractivity contribution in [3.63, 3.8) is 0 Å². The highest BCUT2D eigenvalue weighted by Gasteiger charge is 2.30. The predicted octanol–water partition coefficient (Wildman–Crippen LogP) is 4.68. The van der Waals surface area contributed by atoms with Crippen molar-refractivity contribution in [3.05, 3.63) is 35.0 Å². The van der Waals surface area contributed by atoms with Crippen molar-refractivity contribution in [2.24, 2.45) is 17.6 Å². The molecule has 2 saturated carbocycles. The number of nitrogens with two attached hydrogens (primary N) is 1. The number of aliphatic hydroxyl groups excluding tert-OH is 1. The van der Waals surface area contributed by atoms with Crippen molar-refractivity contribution in [2.75, 3.05) is 10.6 Å². The van der Waals surface area contributed by atoms with Crippen LogP contribution in [0.3, 0.4) is 0 Å². The van der Waals surface area contributed by atoms with Gasteiger partial charge in [0.15, 0.2) is 11.5 Å². The predicted molar refractivity (Wildman–Crippen MR) is 137 cm³/mol. The first-order chi connectivity index (χ1) is 17.7. The van der Waals surface area contributed by atoms with Gasteiger partial charge in [-0.05, 0) is 56.9 Å². The summed E-state index contributed by atoms with van der Waals surface area (Å²) in [4.78, 5) is 25.5. The van der Waals surface area contributed by atoms with E-state index in [-0.39, 0.29) is 46.6 Å². The number of nitrogens with one attached hydrogen (secondary N) is 2. The summed E-state index contributed by atoms with van der Waals surface area (Å²) in [5.41, 5.74) is 6.45. The minimum atomic E-state index is -0.848. The van der Waals surface area contributed by atoms with Gasteiger partial charge in [0.2, 0.25) is 17.8 Å². The number of nitrogens with zero attached hydrogens (tertiary/aromatic N) is 4. The van der Waals surface area contributed by atoms with E-state index in [2.05, 4.69) is 20.6 Å². The van der Waals surface area contributed by atoms with Gasteiger partial charge >= 0.3 is 0 Å². The Morgan fingerprint density at radius 2 is 1.92 bits per heavy atom. The SMILES string of the molecule is C[C@@H]1CC[C@@H](Nc2ncc3nc(Nc4c(F)cc(F)cc4Cl)n([C@H]4CC[C@@H](C(N)=O)CC4)c3n2)CC1O. The average molecular weight is 534 g/mol. The number of primary amides is 1. The second-order valence-electron chi connectivity index (χ2n) is 10.2. The number of hydrogen-bond donors (Lipinski definition) is 4. The lowest BCUT2D eigenvalue weighted by Gasteiger charge is -2.31. The van der Waals surface area contributed by atoms with Crippen LogP contribution < -0.4 is 16.4 Å². The molecule has 3 aromatic rings. The third-order valence-corrected chi connectivity index (χ3v) is 7.93. The Hall–Kier alpha value is -3.05. The molecular weight excluding hydrogens is 504 g/mol. The molecule has 0 bridgehead atoms. The van der Waals surface area contributed by atoms with Gasteiger partial charge in [-0.2, -0.15) is 4.98 Å². The second kappa shape index (κ2) is 10.4. The zero-order valence-electron chi connectivity index (χ0n) is 20.4. The van der Waals surface area contributed by atoms with Crippen LogP contribution in [-0.2, 0) is 4.79 Å². The van der Waals surface area contributed by atoms with Gasteiger partial charge in [-0.25, -0.2) is 18.7 Å². The molecule has 0 radical (unpaired) electrons. The maximum Gasteiger partial charge on any atom is 0.224 e. The summed E-state index contributed by atoms with van der Waals surface area (Å²) < 4.78 is 30.1. The molecule has 5 N–H and O–H groups in total. The first-order valence-electron chi connectivity index (χ1n) is 12.6. The number of rotatable bonds is 6. The highest BCUT2D eigenvalue weighted by Crippen LogP contribution is 2.38. The van der Waals surface area contributed by atoms with Gasteiger partial charge in [0, 0.05) is 24.1 Å². The molecule has 1 unspecified atom stereocenters. The Morgan fingerprint density at radius 3 is 2.59 bits per heavy atom. The van der Waals surface area contributed by atoms with Crippen molar-refractivity contribution < 1.29 is 18.7 Å². The Morgan fingerprint density at radius 1 is 1.16 bits per heavy atom. The third kappa shape index (κ3) is 5.33. The van der Waals surface area contributed by atoms with Crippen molar-refractivity contribution in [2.45, 2.75) is 70.1 Å². The van der Waals surface area contributed by atoms with Crippen molar-refractivity contribution in [1.82, 2.24) is 19.5 Å². The van der Waals surface area contributed by atoms with Gasteiger partial charge in [0.25, 0.3) is 0 Å². The van der Waals surface area contributed by atoms with Crippen LogP contribution in [0.2, 0.25) is 5.02 Å². The number of anilines is 3. The number of imidazole rings is 1. The van der Waals surface area contributed by atoms with Crippen LogP contribution in [0.5, 0.6) is 0 Å². The van der Waals surface area contributed by atoms with Crippen molar-refractivity contribution in [1.29, 1.82) is 0 Å². The number of amides is 1. The zero-order valence-corrected chi connectivity index (χ0v) is 21.2. The van der Waals surface area contributed by atoms with Crippen LogP contribution >= 0.6 is 11.6 Å². The third-order valence-electron chi connectivity index (χ3n) is 7.63. The van der Waals surface area contributed by atoms with Gasteiger partial charge in [0.1, 0.15) is 11.3 Å². The van der Waals surface area contributed by atoms with Crippen LogP contribution in [0.15, 0.2) is 18.3 Å². The second-order valence-corrected chi connectivity index (χ2v) is 10.6. The monoisotopic (exact) mass is 533 g/mol. The molecule has 0 spiro atoms. The van der Waals surface area contributed by atoms with Crippen molar-refractivity contribution in [3.8, 4) is 0 Å². The number of hydrogen-bond acceptors (Lipinski definition) is 7. The average Bonchev–Trinajstić information content (AvgIpc) is 3.21. The number of halogens is 3. The summed E-state index contributed by atoms with van der Waals surface area (Å²) in [6.07, 6.45) is 6.12. The first kappa shape index (κ1) is 25.6. The topological polar surface area (TPSA) is 131 Å². The Kier molecular flexibility index (Phi) is 7.17. The number of carbonyl (C=O) groups is 1. The highest BCUT2D eigenvalue weighted by molar-refractivity contribution is 6.33. The fourth-order valence-corrected chi connectivity index (χ4v) is 5.64. The van der Waals surface area contributed by atoms with E-state index in [0.29, 0.717) is 55.2 Å². The van der Waals surface area contributed by atoms with E-state index in [1.165, 1.54) is 0 Å². The van der Waals surface area contributed by atoms with Gasteiger partial charge in [0.05, 0.1) is 23.0 Å². The van der Waals surface area contributed by atoms with Gasteiger partial charge < -0.3 is 21.5 Å². The van der Waals surface area contributed by atoms with Crippen LogP contribution in [0.4, 0.5) is 26.4 Å².